The highest BCUT2D eigenvalue weighted by molar-refractivity contribution is 7.89. The molecule has 0 amide bonds. The van der Waals surface area contributed by atoms with Crippen molar-refractivity contribution in [1.29, 1.82) is 0 Å². The highest BCUT2D eigenvalue weighted by Crippen LogP contribution is 2.27. The molecule has 7 heteroatoms. The Bertz CT molecular complexity index is 697. The third kappa shape index (κ3) is 3.37. The molecule has 0 aliphatic heterocycles. The summed E-state index contributed by atoms with van der Waals surface area (Å²) >= 11 is 1.54. The molecule has 0 spiro atoms. The molecule has 2 rings (SSSR count). The lowest BCUT2D eigenvalue weighted by Crippen LogP contribution is -2.30. The van der Waals surface area contributed by atoms with Crippen LogP contribution in [0.25, 0.3) is 0 Å². The van der Waals surface area contributed by atoms with Crippen LogP contribution in [-0.4, -0.2) is 26.4 Å². The number of nitrogens with two attached hydrogens (primary N) is 1. The Morgan fingerprint density at radius 2 is 2.10 bits per heavy atom. The number of hydrogen-bond donors (Lipinski definition) is 1. The van der Waals surface area contributed by atoms with Crippen LogP contribution < -0.4 is 10.5 Å². The van der Waals surface area contributed by atoms with Gasteiger partial charge in [0.15, 0.2) is 0 Å². The van der Waals surface area contributed by atoms with E-state index in [1.165, 1.54) is 34.9 Å². The first-order valence-corrected chi connectivity index (χ1v) is 8.77. The summed E-state index contributed by atoms with van der Waals surface area (Å²) in [5, 5.41) is 1.93. The number of anilines is 1. The number of ether oxygens (including phenoxy) is 1. The van der Waals surface area contributed by atoms with Gasteiger partial charge in [0, 0.05) is 18.0 Å². The van der Waals surface area contributed by atoms with Crippen LogP contribution in [0.5, 0.6) is 5.75 Å². The van der Waals surface area contributed by atoms with Gasteiger partial charge in [0.1, 0.15) is 5.75 Å². The van der Waals surface area contributed by atoms with Gasteiger partial charge in [-0.1, -0.05) is 13.0 Å². The Balaban J connectivity index is 2.32. The molecule has 0 bridgehead atoms. The Kier molecular flexibility index (Phi) is 4.87. The van der Waals surface area contributed by atoms with Gasteiger partial charge < -0.3 is 10.5 Å². The third-order valence-corrected chi connectivity index (χ3v) is 5.88. The molecule has 0 aliphatic rings. The van der Waals surface area contributed by atoms with Crippen molar-refractivity contribution >= 4 is 27.0 Å². The minimum atomic E-state index is -3.57. The molecule has 0 atom stereocenters. The number of rotatable bonds is 6. The van der Waals surface area contributed by atoms with Gasteiger partial charge in [-0.25, -0.2) is 8.42 Å². The molecule has 2 aromatic rings. The van der Waals surface area contributed by atoms with Gasteiger partial charge >= 0.3 is 0 Å². The molecular weight excluding hydrogens is 308 g/mol. The first kappa shape index (κ1) is 15.8. The molecule has 5 nitrogen and oxygen atoms in total. The summed E-state index contributed by atoms with van der Waals surface area (Å²) < 4.78 is 31.8. The van der Waals surface area contributed by atoms with Crippen LogP contribution in [0, 0.1) is 0 Å². The molecule has 0 radical (unpaired) electrons. The highest BCUT2D eigenvalue weighted by Gasteiger charge is 2.24. The van der Waals surface area contributed by atoms with E-state index in [1.54, 1.807) is 6.07 Å². The largest absolute Gasteiger partial charge is 0.495 e. The second-order valence-electron chi connectivity index (χ2n) is 4.41. The molecule has 2 N–H and O–H groups in total. The zero-order valence-electron chi connectivity index (χ0n) is 11.9. The summed E-state index contributed by atoms with van der Waals surface area (Å²) in [6.07, 6.45) is 0. The van der Waals surface area contributed by atoms with Crippen LogP contribution >= 0.6 is 11.3 Å². The van der Waals surface area contributed by atoms with E-state index in [2.05, 4.69) is 0 Å². The molecule has 21 heavy (non-hydrogen) atoms. The second-order valence-corrected chi connectivity index (χ2v) is 7.38. The zero-order valence-corrected chi connectivity index (χ0v) is 13.6. The maximum Gasteiger partial charge on any atom is 0.243 e. The number of nitrogens with zero attached hydrogens (tertiary/aromatic N) is 1. The zero-order chi connectivity index (χ0) is 15.5. The van der Waals surface area contributed by atoms with Gasteiger partial charge in [-0.05, 0) is 29.6 Å². The summed E-state index contributed by atoms with van der Waals surface area (Å²) in [5.41, 5.74) is 6.11. The van der Waals surface area contributed by atoms with Crippen molar-refractivity contribution in [2.24, 2.45) is 0 Å². The Morgan fingerprint density at radius 3 is 2.62 bits per heavy atom. The predicted octanol–water partition coefficient (Wildman–Crippen LogP) is 2.55. The van der Waals surface area contributed by atoms with Gasteiger partial charge in [-0.2, -0.15) is 4.31 Å². The van der Waals surface area contributed by atoms with Crippen molar-refractivity contribution in [2.75, 3.05) is 19.4 Å². The number of methoxy groups -OCH3 is 1. The lowest BCUT2D eigenvalue weighted by atomic mass is 10.3. The standard InChI is InChI=1S/C14H18N2O3S2/c1-3-16(10-11-5-4-8-20-11)21(17,18)12-6-7-14(19-2)13(15)9-12/h4-9H,3,10,15H2,1-2H3. The van der Waals surface area contributed by atoms with Crippen molar-refractivity contribution in [2.45, 2.75) is 18.4 Å². The van der Waals surface area contributed by atoms with Gasteiger partial charge in [0.05, 0.1) is 17.7 Å². The van der Waals surface area contributed by atoms with E-state index in [9.17, 15) is 8.42 Å². The molecule has 1 aromatic heterocycles. The fraction of sp³-hybridized carbons (Fsp3) is 0.286. The van der Waals surface area contributed by atoms with Gasteiger partial charge in [0.25, 0.3) is 0 Å². The summed E-state index contributed by atoms with van der Waals surface area (Å²) in [6, 6.07) is 8.35. The van der Waals surface area contributed by atoms with E-state index in [0.29, 0.717) is 24.5 Å². The van der Waals surface area contributed by atoms with E-state index < -0.39 is 10.0 Å². The Morgan fingerprint density at radius 1 is 1.33 bits per heavy atom. The minimum absolute atomic E-state index is 0.180. The molecule has 0 saturated carbocycles. The monoisotopic (exact) mass is 326 g/mol. The molecule has 0 fully saturated rings. The van der Waals surface area contributed by atoms with Crippen molar-refractivity contribution in [1.82, 2.24) is 4.31 Å². The maximum absolute atomic E-state index is 12.7. The minimum Gasteiger partial charge on any atom is -0.495 e. The summed E-state index contributed by atoms with van der Waals surface area (Å²) in [4.78, 5) is 1.18. The number of thiophene rings is 1. The van der Waals surface area contributed by atoms with E-state index in [-0.39, 0.29) is 4.90 Å². The van der Waals surface area contributed by atoms with Crippen LogP contribution in [-0.2, 0) is 16.6 Å². The first-order chi connectivity index (χ1) is 9.98. The van der Waals surface area contributed by atoms with E-state index >= 15 is 0 Å². The average Bonchev–Trinajstić information content (AvgIpc) is 2.97. The number of sulfonamides is 1. The van der Waals surface area contributed by atoms with Crippen molar-refractivity contribution in [3.63, 3.8) is 0 Å². The van der Waals surface area contributed by atoms with E-state index in [1.807, 2.05) is 24.4 Å². The maximum atomic E-state index is 12.7. The average molecular weight is 326 g/mol. The highest BCUT2D eigenvalue weighted by atomic mass is 32.2. The molecular formula is C14H18N2O3S2. The molecule has 0 unspecified atom stereocenters. The molecule has 114 valence electrons. The van der Waals surface area contributed by atoms with Crippen LogP contribution in [0.2, 0.25) is 0 Å². The summed E-state index contributed by atoms with van der Waals surface area (Å²) in [5.74, 6) is 0.468. The Labute approximate surface area is 129 Å². The fourth-order valence-electron chi connectivity index (χ4n) is 1.97. The van der Waals surface area contributed by atoms with Gasteiger partial charge in [-0.3, -0.25) is 0 Å². The van der Waals surface area contributed by atoms with Crippen molar-refractivity contribution in [3.8, 4) is 5.75 Å². The molecule has 0 saturated heterocycles. The molecule has 0 aliphatic carbocycles. The number of nitrogen functional groups attached to an aromatic ring is 1. The van der Waals surface area contributed by atoms with Crippen molar-refractivity contribution in [3.05, 3.63) is 40.6 Å². The van der Waals surface area contributed by atoms with Gasteiger partial charge in [0.2, 0.25) is 10.0 Å². The van der Waals surface area contributed by atoms with E-state index in [0.717, 1.165) is 4.88 Å². The normalized spacial score (nSPS) is 11.8. The van der Waals surface area contributed by atoms with Crippen LogP contribution in [0.15, 0.2) is 40.6 Å². The first-order valence-electron chi connectivity index (χ1n) is 6.45. The topological polar surface area (TPSA) is 72.6 Å². The number of hydrogen-bond acceptors (Lipinski definition) is 5. The smallest absolute Gasteiger partial charge is 0.243 e. The van der Waals surface area contributed by atoms with Crippen LogP contribution in [0.3, 0.4) is 0 Å². The molecule has 1 heterocycles. The SMILES string of the molecule is CCN(Cc1cccs1)S(=O)(=O)c1ccc(OC)c(N)c1. The predicted molar refractivity (Wildman–Crippen MR) is 85.0 cm³/mol. The van der Waals surface area contributed by atoms with E-state index in [4.69, 9.17) is 10.5 Å². The summed E-state index contributed by atoms with van der Waals surface area (Å²) in [7, 11) is -2.08. The molecule has 1 aromatic carbocycles. The lowest BCUT2D eigenvalue weighted by molar-refractivity contribution is 0.415. The third-order valence-electron chi connectivity index (χ3n) is 3.10. The quantitative estimate of drug-likeness (QED) is 0.828. The lowest BCUT2D eigenvalue weighted by Gasteiger charge is -2.20. The fourth-order valence-corrected chi connectivity index (χ4v) is 4.23. The Hall–Kier alpha value is -1.57. The van der Waals surface area contributed by atoms with Gasteiger partial charge in [-0.15, -0.1) is 11.3 Å². The number of benzene rings is 1. The second kappa shape index (κ2) is 6.46. The summed E-state index contributed by atoms with van der Waals surface area (Å²) in [6.45, 7) is 2.58. The van der Waals surface area contributed by atoms with Crippen molar-refractivity contribution < 1.29 is 13.2 Å². The van der Waals surface area contributed by atoms with Crippen LogP contribution in [0.4, 0.5) is 5.69 Å². The van der Waals surface area contributed by atoms with Crippen LogP contribution in [0.1, 0.15) is 11.8 Å².